The Labute approximate surface area is 122 Å². The van der Waals surface area contributed by atoms with E-state index in [2.05, 4.69) is 19.2 Å². The molecule has 0 saturated carbocycles. The summed E-state index contributed by atoms with van der Waals surface area (Å²) in [6, 6.07) is -0.773. The molecule has 20 heavy (non-hydrogen) atoms. The molecule has 1 saturated heterocycles. The molecule has 1 heterocycles. The van der Waals surface area contributed by atoms with Crippen LogP contribution in [-0.2, 0) is 14.3 Å². The molecular weight excluding hydrogens is 256 g/mol. The van der Waals surface area contributed by atoms with Gasteiger partial charge in [-0.2, -0.15) is 0 Å². The highest BCUT2D eigenvalue weighted by atomic mass is 16.5. The number of ether oxygens (including phenoxy) is 1. The summed E-state index contributed by atoms with van der Waals surface area (Å²) in [6.45, 7) is 11.5. The van der Waals surface area contributed by atoms with Crippen LogP contribution in [0.4, 0.5) is 0 Å². The van der Waals surface area contributed by atoms with Crippen molar-refractivity contribution >= 4 is 11.8 Å². The summed E-state index contributed by atoms with van der Waals surface area (Å²) in [5, 5.41) is 2.87. The molecule has 1 aliphatic rings. The van der Waals surface area contributed by atoms with E-state index in [9.17, 15) is 9.59 Å². The van der Waals surface area contributed by atoms with Crippen molar-refractivity contribution in [1.82, 2.24) is 10.2 Å². The first-order valence-corrected chi connectivity index (χ1v) is 7.57. The first kappa shape index (κ1) is 17.0. The molecule has 0 aromatic heterocycles. The van der Waals surface area contributed by atoms with Crippen molar-refractivity contribution in [2.24, 2.45) is 11.8 Å². The van der Waals surface area contributed by atoms with Crippen molar-refractivity contribution < 1.29 is 14.3 Å². The maximum absolute atomic E-state index is 12.6. The summed E-state index contributed by atoms with van der Waals surface area (Å²) in [7, 11) is 0. The molecule has 1 fully saturated rings. The Morgan fingerprint density at radius 3 is 2.40 bits per heavy atom. The Morgan fingerprint density at radius 2 is 1.90 bits per heavy atom. The first-order valence-electron chi connectivity index (χ1n) is 7.57. The third kappa shape index (κ3) is 4.20. The van der Waals surface area contributed by atoms with Gasteiger partial charge in [-0.15, -0.1) is 0 Å². The molecule has 1 rings (SSSR count). The Balaban J connectivity index is 2.85. The predicted molar refractivity (Wildman–Crippen MR) is 78.2 cm³/mol. The van der Waals surface area contributed by atoms with Crippen LogP contribution >= 0.6 is 0 Å². The van der Waals surface area contributed by atoms with Gasteiger partial charge in [0.1, 0.15) is 12.1 Å². The van der Waals surface area contributed by atoms with Crippen LogP contribution < -0.4 is 5.32 Å². The van der Waals surface area contributed by atoms with E-state index < -0.39 is 6.04 Å². The minimum absolute atomic E-state index is 0.0185. The number of hydrogen-bond acceptors (Lipinski definition) is 3. The van der Waals surface area contributed by atoms with Crippen molar-refractivity contribution in [2.45, 2.75) is 53.1 Å². The van der Waals surface area contributed by atoms with Crippen LogP contribution in [0.5, 0.6) is 0 Å². The number of nitrogens with one attached hydrogen (secondary N) is 1. The van der Waals surface area contributed by atoms with Crippen molar-refractivity contribution in [3.8, 4) is 0 Å². The summed E-state index contributed by atoms with van der Waals surface area (Å²) in [4.78, 5) is 26.5. The van der Waals surface area contributed by atoms with Crippen molar-refractivity contribution in [3.63, 3.8) is 0 Å². The molecule has 2 amide bonds. The highest BCUT2D eigenvalue weighted by Crippen LogP contribution is 2.20. The zero-order valence-electron chi connectivity index (χ0n) is 13.3. The van der Waals surface area contributed by atoms with Gasteiger partial charge in [-0.05, 0) is 25.2 Å². The number of hydrogen-bond donors (Lipinski definition) is 1. The smallest absolute Gasteiger partial charge is 0.246 e. The largest absolute Gasteiger partial charge is 0.380 e. The van der Waals surface area contributed by atoms with Gasteiger partial charge in [-0.25, -0.2) is 0 Å². The van der Waals surface area contributed by atoms with Gasteiger partial charge < -0.3 is 15.0 Å². The lowest BCUT2D eigenvalue weighted by molar-refractivity contribution is -0.152. The molecule has 0 aromatic carbocycles. The van der Waals surface area contributed by atoms with E-state index in [-0.39, 0.29) is 23.8 Å². The lowest BCUT2D eigenvalue weighted by Crippen LogP contribution is -2.65. The number of amides is 2. The van der Waals surface area contributed by atoms with Gasteiger partial charge in [0.25, 0.3) is 0 Å². The summed E-state index contributed by atoms with van der Waals surface area (Å²) in [5.74, 6) is 0.447. The molecule has 0 aromatic rings. The number of nitrogens with zero attached hydrogens (tertiary/aromatic N) is 1. The number of rotatable bonds is 7. The minimum atomic E-state index is -0.410. The summed E-state index contributed by atoms with van der Waals surface area (Å²) < 4.78 is 5.34. The quantitative estimate of drug-likeness (QED) is 0.719. The maximum Gasteiger partial charge on any atom is 0.246 e. The van der Waals surface area contributed by atoms with Gasteiger partial charge in [0.15, 0.2) is 0 Å². The van der Waals surface area contributed by atoms with E-state index in [1.54, 1.807) is 4.90 Å². The van der Waals surface area contributed by atoms with E-state index in [0.29, 0.717) is 32.1 Å². The van der Waals surface area contributed by atoms with Gasteiger partial charge >= 0.3 is 0 Å². The molecular formula is C15H28N2O3. The number of piperazine rings is 1. The van der Waals surface area contributed by atoms with Gasteiger partial charge in [0, 0.05) is 13.2 Å². The molecule has 0 spiro atoms. The summed E-state index contributed by atoms with van der Waals surface area (Å²) in [6.07, 6.45) is 0.689. The second kappa shape index (κ2) is 7.62. The zero-order valence-corrected chi connectivity index (χ0v) is 13.3. The predicted octanol–water partition coefficient (Wildman–Crippen LogP) is 1.42. The zero-order chi connectivity index (χ0) is 15.3. The Hall–Kier alpha value is -1.10. The van der Waals surface area contributed by atoms with Crippen molar-refractivity contribution in [3.05, 3.63) is 0 Å². The Kier molecular flexibility index (Phi) is 6.46. The molecule has 0 aliphatic carbocycles. The van der Waals surface area contributed by atoms with Crippen LogP contribution in [0.25, 0.3) is 0 Å². The maximum atomic E-state index is 12.6. The Bertz CT molecular complexity index is 342. The minimum Gasteiger partial charge on any atom is -0.380 e. The molecule has 0 radical (unpaired) electrons. The van der Waals surface area contributed by atoms with E-state index in [1.807, 2.05) is 20.8 Å². The molecule has 1 aliphatic heterocycles. The average molecular weight is 284 g/mol. The fourth-order valence-corrected chi connectivity index (χ4v) is 2.49. The Morgan fingerprint density at radius 1 is 1.25 bits per heavy atom. The molecule has 1 N–H and O–H groups in total. The van der Waals surface area contributed by atoms with Crippen LogP contribution in [0.2, 0.25) is 0 Å². The average Bonchev–Trinajstić information content (AvgIpc) is 2.36. The van der Waals surface area contributed by atoms with Gasteiger partial charge in [0.2, 0.25) is 11.8 Å². The highest BCUT2D eigenvalue weighted by molar-refractivity contribution is 5.97. The highest BCUT2D eigenvalue weighted by Gasteiger charge is 2.41. The normalized spacial score (nSPS) is 23.6. The van der Waals surface area contributed by atoms with Crippen LogP contribution in [-0.4, -0.2) is 48.6 Å². The second-order valence-electron chi connectivity index (χ2n) is 6.10. The van der Waals surface area contributed by atoms with Crippen LogP contribution in [0.15, 0.2) is 0 Å². The molecule has 5 nitrogen and oxygen atoms in total. The fraction of sp³-hybridized carbons (Fsp3) is 0.867. The topological polar surface area (TPSA) is 58.6 Å². The fourth-order valence-electron chi connectivity index (χ4n) is 2.49. The van der Waals surface area contributed by atoms with E-state index in [0.717, 1.165) is 0 Å². The molecule has 116 valence electrons. The van der Waals surface area contributed by atoms with Crippen LogP contribution in [0.1, 0.15) is 41.0 Å². The summed E-state index contributed by atoms with van der Waals surface area (Å²) in [5.41, 5.74) is 0. The molecule has 0 bridgehead atoms. The third-order valence-corrected chi connectivity index (χ3v) is 3.57. The molecule has 2 atom stereocenters. The van der Waals surface area contributed by atoms with E-state index in [1.165, 1.54) is 0 Å². The first-order chi connectivity index (χ1) is 9.38. The van der Waals surface area contributed by atoms with E-state index in [4.69, 9.17) is 4.74 Å². The van der Waals surface area contributed by atoms with Gasteiger partial charge in [0.05, 0.1) is 6.61 Å². The van der Waals surface area contributed by atoms with Crippen molar-refractivity contribution in [2.75, 3.05) is 19.8 Å². The van der Waals surface area contributed by atoms with E-state index >= 15 is 0 Å². The van der Waals surface area contributed by atoms with Crippen molar-refractivity contribution in [1.29, 1.82) is 0 Å². The number of carbonyl (C=O) groups is 2. The molecule has 5 heteroatoms. The second-order valence-corrected chi connectivity index (χ2v) is 6.10. The third-order valence-electron chi connectivity index (χ3n) is 3.57. The SMILES string of the molecule is CCOCCN1C(=O)C(C(C)C)NC(=O)C1CC(C)C. The monoisotopic (exact) mass is 284 g/mol. The van der Waals surface area contributed by atoms with Gasteiger partial charge in [-0.1, -0.05) is 27.7 Å². The lowest BCUT2D eigenvalue weighted by atomic mass is 9.94. The van der Waals surface area contributed by atoms with Gasteiger partial charge in [-0.3, -0.25) is 9.59 Å². The summed E-state index contributed by atoms with van der Waals surface area (Å²) >= 11 is 0. The van der Waals surface area contributed by atoms with Crippen LogP contribution in [0, 0.1) is 11.8 Å². The standard InChI is InChI=1S/C15H28N2O3/c1-6-20-8-7-17-12(9-10(2)3)14(18)16-13(11(4)5)15(17)19/h10-13H,6-9H2,1-5H3,(H,16,18). The molecule has 2 unspecified atom stereocenters. The van der Waals surface area contributed by atoms with Crippen LogP contribution in [0.3, 0.4) is 0 Å². The lowest BCUT2D eigenvalue weighted by Gasteiger charge is -2.40. The number of carbonyl (C=O) groups excluding carboxylic acids is 2.